The number of rotatable bonds is 5. The Bertz CT molecular complexity index is 153. The van der Waals surface area contributed by atoms with E-state index >= 15 is 0 Å². The number of Topliss-reactive ketones (excluding diaryl/α,β-unsaturated/α-hetero) is 1. The fourth-order valence-corrected chi connectivity index (χ4v) is 0.420. The lowest BCUT2D eigenvalue weighted by molar-refractivity contribution is -0.158. The maximum atomic E-state index is 10.6. The number of carbonyl (C=O) groups is 2. The van der Waals surface area contributed by atoms with Crippen molar-refractivity contribution >= 4 is 11.8 Å². The van der Waals surface area contributed by atoms with Crippen molar-refractivity contribution in [2.45, 2.75) is 13.0 Å². The maximum absolute atomic E-state index is 10.6. The van der Waals surface area contributed by atoms with E-state index in [1.54, 1.807) is 0 Å². The second kappa shape index (κ2) is 4.81. The number of ether oxygens (including phenoxy) is 2. The van der Waals surface area contributed by atoms with E-state index in [0.29, 0.717) is 0 Å². The van der Waals surface area contributed by atoms with Crippen LogP contribution in [0.1, 0.15) is 6.92 Å². The third kappa shape index (κ3) is 3.69. The highest BCUT2D eigenvalue weighted by atomic mass is 16.7. The van der Waals surface area contributed by atoms with Gasteiger partial charge in [0.1, 0.15) is 12.9 Å². The van der Waals surface area contributed by atoms with Gasteiger partial charge >= 0.3 is 5.97 Å². The third-order valence-electron chi connectivity index (χ3n) is 1.02. The van der Waals surface area contributed by atoms with E-state index in [0.717, 1.165) is 0 Å². The smallest absolute Gasteiger partial charge is 0.374 e. The zero-order chi connectivity index (χ0) is 8.85. The number of methoxy groups -OCH3 is 1. The van der Waals surface area contributed by atoms with Crippen LogP contribution in [0.3, 0.4) is 0 Å². The molecule has 5 nitrogen and oxygen atoms in total. The molecule has 0 spiro atoms. The van der Waals surface area contributed by atoms with Crippen molar-refractivity contribution < 1.29 is 24.2 Å². The molecule has 0 rings (SSSR count). The summed E-state index contributed by atoms with van der Waals surface area (Å²) in [5.41, 5.74) is 0. The maximum Gasteiger partial charge on any atom is 0.374 e. The molecule has 1 N–H and O–H groups in total. The summed E-state index contributed by atoms with van der Waals surface area (Å²) < 4.78 is 9.14. The summed E-state index contributed by atoms with van der Waals surface area (Å²) in [6.07, 6.45) is -0.951. The second-order valence-electron chi connectivity index (χ2n) is 1.88. The molecule has 0 saturated carbocycles. The van der Waals surface area contributed by atoms with E-state index in [1.165, 1.54) is 14.0 Å². The van der Waals surface area contributed by atoms with E-state index in [2.05, 4.69) is 9.47 Å². The van der Waals surface area contributed by atoms with Crippen LogP contribution in [-0.4, -0.2) is 36.9 Å². The first-order chi connectivity index (χ1) is 5.09. The van der Waals surface area contributed by atoms with Crippen LogP contribution in [0.4, 0.5) is 0 Å². The van der Waals surface area contributed by atoms with Crippen molar-refractivity contribution in [2.24, 2.45) is 0 Å². The normalized spacial score (nSPS) is 12.5. The number of carboxylic acids is 1. The summed E-state index contributed by atoms with van der Waals surface area (Å²) in [6.45, 7) is 1.27. The highest BCUT2D eigenvalue weighted by Crippen LogP contribution is 1.92. The molecule has 0 amide bonds. The lowest BCUT2D eigenvalue weighted by Gasteiger charge is -2.07. The van der Waals surface area contributed by atoms with Gasteiger partial charge in [-0.1, -0.05) is 0 Å². The molecule has 0 bridgehead atoms. The van der Waals surface area contributed by atoms with E-state index in [-0.39, 0.29) is 6.79 Å². The van der Waals surface area contributed by atoms with E-state index < -0.39 is 17.9 Å². The van der Waals surface area contributed by atoms with Gasteiger partial charge in [0.15, 0.2) is 0 Å². The third-order valence-corrected chi connectivity index (χ3v) is 1.02. The topological polar surface area (TPSA) is 72.8 Å². The molecule has 0 radical (unpaired) electrons. The minimum atomic E-state index is -1.49. The van der Waals surface area contributed by atoms with Gasteiger partial charge in [-0.3, -0.25) is 4.79 Å². The molecule has 0 aliphatic carbocycles. The molecule has 0 aromatic rings. The molecule has 0 aliphatic rings. The molecular formula is C6H10O5. The van der Waals surface area contributed by atoms with Crippen molar-refractivity contribution in [3.8, 4) is 0 Å². The van der Waals surface area contributed by atoms with Gasteiger partial charge in [-0.05, 0) is 6.92 Å². The molecule has 64 valence electrons. The molecule has 1 atom stereocenters. The van der Waals surface area contributed by atoms with Crippen LogP contribution in [-0.2, 0) is 19.1 Å². The monoisotopic (exact) mass is 162 g/mol. The molecule has 0 fully saturated rings. The Kier molecular flexibility index (Phi) is 4.40. The highest BCUT2D eigenvalue weighted by Gasteiger charge is 2.20. The molecule has 0 unspecified atom stereocenters. The summed E-state index contributed by atoms with van der Waals surface area (Å²) in [6, 6.07) is 0. The number of aliphatic carboxylic acids is 1. The Balaban J connectivity index is 3.73. The van der Waals surface area contributed by atoms with Crippen LogP contribution in [0.15, 0.2) is 0 Å². The quantitative estimate of drug-likeness (QED) is 0.441. The van der Waals surface area contributed by atoms with Gasteiger partial charge < -0.3 is 14.6 Å². The lowest BCUT2D eigenvalue weighted by Crippen LogP contribution is -2.28. The molecule has 11 heavy (non-hydrogen) atoms. The number of carbonyl (C=O) groups excluding carboxylic acids is 1. The number of carboxylic acid groups (broad SMARTS) is 1. The Labute approximate surface area is 63.9 Å². The van der Waals surface area contributed by atoms with Gasteiger partial charge in [0.05, 0.1) is 0 Å². The van der Waals surface area contributed by atoms with Gasteiger partial charge in [-0.15, -0.1) is 0 Å². The Morgan fingerprint density at radius 2 is 2.09 bits per heavy atom. The van der Waals surface area contributed by atoms with E-state index in [4.69, 9.17) is 5.11 Å². The van der Waals surface area contributed by atoms with Crippen LogP contribution < -0.4 is 0 Å². The molecule has 5 heteroatoms. The molecule has 0 aromatic heterocycles. The van der Waals surface area contributed by atoms with Crippen LogP contribution in [0.5, 0.6) is 0 Å². The SMILES string of the molecule is COCO[C@@H](C)C(=O)C(=O)O. The molecule has 0 heterocycles. The highest BCUT2D eigenvalue weighted by molar-refractivity contribution is 6.34. The number of ketones is 1. The molecule has 0 saturated heterocycles. The van der Waals surface area contributed by atoms with Crippen molar-refractivity contribution in [3.05, 3.63) is 0 Å². The average Bonchev–Trinajstić information content (AvgIpc) is 1.98. The van der Waals surface area contributed by atoms with Crippen LogP contribution in [0, 0.1) is 0 Å². The second-order valence-corrected chi connectivity index (χ2v) is 1.88. The van der Waals surface area contributed by atoms with Gasteiger partial charge in [0.25, 0.3) is 5.78 Å². The Hall–Kier alpha value is -0.940. The van der Waals surface area contributed by atoms with Crippen LogP contribution in [0.2, 0.25) is 0 Å². The summed E-state index contributed by atoms with van der Waals surface area (Å²) in [5.74, 6) is -2.46. The molecular weight excluding hydrogens is 152 g/mol. The van der Waals surface area contributed by atoms with E-state index in [1.807, 2.05) is 0 Å². The van der Waals surface area contributed by atoms with E-state index in [9.17, 15) is 9.59 Å². The Morgan fingerprint density at radius 3 is 2.45 bits per heavy atom. The van der Waals surface area contributed by atoms with Crippen molar-refractivity contribution in [3.63, 3.8) is 0 Å². The zero-order valence-corrected chi connectivity index (χ0v) is 6.36. The Morgan fingerprint density at radius 1 is 1.55 bits per heavy atom. The van der Waals surface area contributed by atoms with Crippen molar-refractivity contribution in [1.82, 2.24) is 0 Å². The van der Waals surface area contributed by atoms with Gasteiger partial charge in [0, 0.05) is 7.11 Å². The van der Waals surface area contributed by atoms with Gasteiger partial charge in [0.2, 0.25) is 0 Å². The molecule has 0 aliphatic heterocycles. The molecule has 0 aromatic carbocycles. The number of hydrogen-bond acceptors (Lipinski definition) is 4. The minimum absolute atomic E-state index is 0.0831. The van der Waals surface area contributed by atoms with Gasteiger partial charge in [-0.25, -0.2) is 4.79 Å². The first kappa shape index (κ1) is 10.1. The van der Waals surface area contributed by atoms with Crippen molar-refractivity contribution in [2.75, 3.05) is 13.9 Å². The summed E-state index contributed by atoms with van der Waals surface area (Å²) in [4.78, 5) is 20.6. The standard InChI is InChI=1S/C6H10O5/c1-4(11-3-10-2)5(7)6(8)9/h4H,3H2,1-2H3,(H,8,9)/t4-/m0/s1. The number of hydrogen-bond donors (Lipinski definition) is 1. The summed E-state index contributed by atoms with van der Waals surface area (Å²) >= 11 is 0. The fraction of sp³-hybridized carbons (Fsp3) is 0.667. The first-order valence-electron chi connectivity index (χ1n) is 2.97. The van der Waals surface area contributed by atoms with Crippen LogP contribution in [0.25, 0.3) is 0 Å². The first-order valence-corrected chi connectivity index (χ1v) is 2.97. The van der Waals surface area contributed by atoms with Crippen LogP contribution >= 0.6 is 0 Å². The predicted molar refractivity (Wildman–Crippen MR) is 35.1 cm³/mol. The van der Waals surface area contributed by atoms with Crippen molar-refractivity contribution in [1.29, 1.82) is 0 Å². The minimum Gasteiger partial charge on any atom is -0.475 e. The largest absolute Gasteiger partial charge is 0.475 e. The average molecular weight is 162 g/mol. The van der Waals surface area contributed by atoms with Gasteiger partial charge in [-0.2, -0.15) is 0 Å². The fourth-order valence-electron chi connectivity index (χ4n) is 0.420. The summed E-state index contributed by atoms with van der Waals surface area (Å²) in [5, 5.41) is 8.18. The zero-order valence-electron chi connectivity index (χ0n) is 6.36. The summed E-state index contributed by atoms with van der Waals surface area (Å²) in [7, 11) is 1.39. The lowest BCUT2D eigenvalue weighted by atomic mass is 10.3. The predicted octanol–water partition coefficient (Wildman–Crippen LogP) is -0.351.